The maximum absolute atomic E-state index is 13.5. The van der Waals surface area contributed by atoms with Gasteiger partial charge in [-0.05, 0) is 23.8 Å². The molecule has 8 nitrogen and oxygen atoms in total. The second-order valence-electron chi connectivity index (χ2n) is 6.98. The van der Waals surface area contributed by atoms with Gasteiger partial charge in [0.2, 0.25) is 11.7 Å². The van der Waals surface area contributed by atoms with E-state index in [2.05, 4.69) is 25.5 Å². The van der Waals surface area contributed by atoms with E-state index < -0.39 is 5.91 Å². The van der Waals surface area contributed by atoms with Gasteiger partial charge in [0.15, 0.2) is 11.6 Å². The molecule has 0 fully saturated rings. The van der Waals surface area contributed by atoms with Crippen molar-refractivity contribution in [2.75, 3.05) is 24.3 Å². The molecule has 0 radical (unpaired) electrons. The number of aromatic amines is 1. The molecule has 4 N–H and O–H groups in total. The number of benzene rings is 2. The predicted molar refractivity (Wildman–Crippen MR) is 114 cm³/mol. The zero-order valence-electron chi connectivity index (χ0n) is 16.5. The van der Waals surface area contributed by atoms with Crippen LogP contribution in [-0.4, -0.2) is 40.2 Å². The molecule has 4 rings (SSSR count). The lowest BCUT2D eigenvalue weighted by Gasteiger charge is -2.16. The summed E-state index contributed by atoms with van der Waals surface area (Å²) in [6.07, 6.45) is 1.70. The summed E-state index contributed by atoms with van der Waals surface area (Å²) in [5, 5.41) is 13.2. The van der Waals surface area contributed by atoms with Crippen LogP contribution >= 0.6 is 0 Å². The molecule has 0 atom stereocenters. The standard InChI is InChI=1S/C21H20FN7O/c1-29(2)21-20(25-10-12-5-3-6-13(22)9-12)26-19(27-28-21)17-14-7-4-8-15(18(23)30)16(14)11-24-17/h3-9,11,24H,10H2,1-2H3,(H2,23,30)(H,25,26,27). The Morgan fingerprint density at radius 1 is 1.17 bits per heavy atom. The van der Waals surface area contributed by atoms with E-state index in [1.165, 1.54) is 12.1 Å². The first-order valence-corrected chi connectivity index (χ1v) is 9.24. The van der Waals surface area contributed by atoms with Gasteiger partial charge in [0.25, 0.3) is 0 Å². The molecule has 2 aromatic carbocycles. The molecule has 0 saturated carbocycles. The number of nitrogens with two attached hydrogens (primary N) is 1. The Labute approximate surface area is 172 Å². The van der Waals surface area contributed by atoms with Crippen LogP contribution in [0.25, 0.3) is 22.3 Å². The molecule has 4 aromatic rings. The minimum atomic E-state index is -0.509. The van der Waals surface area contributed by atoms with E-state index in [1.54, 1.807) is 29.3 Å². The molecular formula is C21H20FN7O. The molecule has 0 bridgehead atoms. The van der Waals surface area contributed by atoms with Crippen molar-refractivity contribution in [3.63, 3.8) is 0 Å². The van der Waals surface area contributed by atoms with Gasteiger partial charge in [-0.25, -0.2) is 9.37 Å². The van der Waals surface area contributed by atoms with Crippen LogP contribution < -0.4 is 16.0 Å². The van der Waals surface area contributed by atoms with Crippen LogP contribution in [-0.2, 0) is 6.54 Å². The van der Waals surface area contributed by atoms with Crippen LogP contribution in [0, 0.1) is 5.82 Å². The van der Waals surface area contributed by atoms with Crippen molar-refractivity contribution in [2.24, 2.45) is 5.73 Å². The number of aromatic nitrogens is 4. The third-order valence-corrected chi connectivity index (χ3v) is 4.67. The SMILES string of the molecule is CN(C)c1nnc(-c2[nH]cc3c(C(N)=O)cccc23)nc1NCc1cccc(F)c1. The van der Waals surface area contributed by atoms with Crippen molar-refractivity contribution in [1.82, 2.24) is 20.2 Å². The van der Waals surface area contributed by atoms with Gasteiger partial charge in [-0.3, -0.25) is 4.79 Å². The number of halogens is 1. The van der Waals surface area contributed by atoms with E-state index in [9.17, 15) is 9.18 Å². The van der Waals surface area contributed by atoms with E-state index in [1.807, 2.05) is 26.2 Å². The van der Waals surface area contributed by atoms with E-state index in [4.69, 9.17) is 5.73 Å². The Morgan fingerprint density at radius 3 is 2.70 bits per heavy atom. The van der Waals surface area contributed by atoms with E-state index in [0.717, 1.165) is 10.9 Å². The van der Waals surface area contributed by atoms with Crippen LogP contribution in [0.15, 0.2) is 48.7 Å². The highest BCUT2D eigenvalue weighted by Gasteiger charge is 2.17. The molecule has 30 heavy (non-hydrogen) atoms. The molecule has 2 heterocycles. The number of fused-ring (bicyclic) bond motifs is 1. The molecule has 0 spiro atoms. The molecule has 0 aliphatic heterocycles. The topological polar surface area (TPSA) is 113 Å². The fourth-order valence-corrected chi connectivity index (χ4v) is 3.24. The Balaban J connectivity index is 1.73. The summed E-state index contributed by atoms with van der Waals surface area (Å²) in [7, 11) is 3.67. The number of carbonyl (C=O) groups is 1. The van der Waals surface area contributed by atoms with Gasteiger partial charge in [-0.15, -0.1) is 10.2 Å². The Hall–Kier alpha value is -4.01. The van der Waals surface area contributed by atoms with Crippen LogP contribution in [0.5, 0.6) is 0 Å². The number of nitrogens with one attached hydrogen (secondary N) is 2. The number of anilines is 2. The number of amides is 1. The second kappa shape index (κ2) is 7.78. The first kappa shape index (κ1) is 19.3. The Bertz CT molecular complexity index is 1240. The highest BCUT2D eigenvalue weighted by atomic mass is 19.1. The number of hydrogen-bond acceptors (Lipinski definition) is 6. The van der Waals surface area contributed by atoms with E-state index in [-0.39, 0.29) is 5.82 Å². The van der Waals surface area contributed by atoms with Crippen LogP contribution in [0.4, 0.5) is 16.0 Å². The highest BCUT2D eigenvalue weighted by Crippen LogP contribution is 2.29. The van der Waals surface area contributed by atoms with Gasteiger partial charge < -0.3 is 20.9 Å². The second-order valence-corrected chi connectivity index (χ2v) is 6.98. The van der Waals surface area contributed by atoms with E-state index >= 15 is 0 Å². The molecule has 1 amide bonds. The summed E-state index contributed by atoms with van der Waals surface area (Å²) in [6.45, 7) is 0.369. The van der Waals surface area contributed by atoms with Crippen molar-refractivity contribution in [3.05, 3.63) is 65.6 Å². The van der Waals surface area contributed by atoms with Crippen molar-refractivity contribution >= 4 is 28.3 Å². The number of primary amides is 1. The smallest absolute Gasteiger partial charge is 0.249 e. The molecule has 0 aliphatic carbocycles. The zero-order valence-corrected chi connectivity index (χ0v) is 16.5. The summed E-state index contributed by atoms with van der Waals surface area (Å²) >= 11 is 0. The molecule has 9 heteroatoms. The van der Waals surface area contributed by atoms with Gasteiger partial charge in [-0.2, -0.15) is 0 Å². The third kappa shape index (κ3) is 3.64. The fourth-order valence-electron chi connectivity index (χ4n) is 3.24. The number of hydrogen-bond donors (Lipinski definition) is 3. The van der Waals surface area contributed by atoms with Crippen LogP contribution in [0.2, 0.25) is 0 Å². The average molecular weight is 405 g/mol. The van der Waals surface area contributed by atoms with Crippen LogP contribution in [0.3, 0.4) is 0 Å². The lowest BCUT2D eigenvalue weighted by Crippen LogP contribution is -2.16. The normalized spacial score (nSPS) is 10.9. The summed E-state index contributed by atoms with van der Waals surface area (Å²) in [6, 6.07) is 11.6. The molecule has 0 aliphatic rings. The molecular weight excluding hydrogens is 385 g/mol. The number of carbonyl (C=O) groups excluding carboxylic acids is 1. The summed E-state index contributed by atoms with van der Waals surface area (Å²) in [5.41, 5.74) is 7.29. The zero-order chi connectivity index (χ0) is 21.3. The monoisotopic (exact) mass is 405 g/mol. The van der Waals surface area contributed by atoms with Crippen molar-refractivity contribution in [2.45, 2.75) is 6.54 Å². The Morgan fingerprint density at radius 2 is 1.97 bits per heavy atom. The predicted octanol–water partition coefficient (Wildman–Crippen LogP) is 2.94. The molecule has 2 aromatic heterocycles. The fraction of sp³-hybridized carbons (Fsp3) is 0.143. The van der Waals surface area contributed by atoms with Crippen LogP contribution in [0.1, 0.15) is 15.9 Å². The van der Waals surface area contributed by atoms with Crippen molar-refractivity contribution in [1.29, 1.82) is 0 Å². The Kier molecular flexibility index (Phi) is 5.01. The number of nitrogens with zero attached hydrogens (tertiary/aromatic N) is 4. The minimum Gasteiger partial charge on any atom is -0.366 e. The number of H-pyrrole nitrogens is 1. The summed E-state index contributed by atoms with van der Waals surface area (Å²) in [5.74, 6) is 0.600. The van der Waals surface area contributed by atoms with Gasteiger partial charge in [0.05, 0.1) is 5.69 Å². The molecule has 0 saturated heterocycles. The minimum absolute atomic E-state index is 0.299. The third-order valence-electron chi connectivity index (χ3n) is 4.67. The number of rotatable bonds is 6. The largest absolute Gasteiger partial charge is 0.366 e. The maximum atomic E-state index is 13.5. The quantitative estimate of drug-likeness (QED) is 0.455. The molecule has 0 unspecified atom stereocenters. The summed E-state index contributed by atoms with van der Waals surface area (Å²) in [4.78, 5) is 21.2. The maximum Gasteiger partial charge on any atom is 0.249 e. The first-order valence-electron chi connectivity index (χ1n) is 9.24. The lowest BCUT2D eigenvalue weighted by atomic mass is 10.1. The molecule has 152 valence electrons. The van der Waals surface area contributed by atoms with Gasteiger partial charge in [-0.1, -0.05) is 24.3 Å². The average Bonchev–Trinajstić information content (AvgIpc) is 3.16. The van der Waals surface area contributed by atoms with Crippen molar-refractivity contribution in [3.8, 4) is 11.5 Å². The highest BCUT2D eigenvalue weighted by molar-refractivity contribution is 6.09. The summed E-state index contributed by atoms with van der Waals surface area (Å²) < 4.78 is 13.5. The van der Waals surface area contributed by atoms with Gasteiger partial charge >= 0.3 is 0 Å². The first-order chi connectivity index (χ1) is 14.4. The van der Waals surface area contributed by atoms with Crippen molar-refractivity contribution < 1.29 is 9.18 Å². The van der Waals surface area contributed by atoms with Gasteiger partial charge in [0.1, 0.15) is 5.82 Å². The van der Waals surface area contributed by atoms with Gasteiger partial charge in [0, 0.05) is 43.2 Å². The van der Waals surface area contributed by atoms with E-state index in [0.29, 0.717) is 40.6 Å². The lowest BCUT2D eigenvalue weighted by molar-refractivity contribution is 0.100.